The van der Waals surface area contributed by atoms with Gasteiger partial charge in [0, 0.05) is 0 Å². The Morgan fingerprint density at radius 2 is 1.91 bits per heavy atom. The normalized spacial score (nSPS) is 11.6. The number of hydrogen-bond acceptors (Lipinski definition) is 1. The van der Waals surface area contributed by atoms with Crippen LogP contribution in [0.3, 0.4) is 0 Å². The standard InChI is InChI=1S/C10H20O/c1-9(2)7-5-6-8-10(3,4)11/h11H,1,5-8H2,2-4H3. The Hall–Kier alpha value is -0.300. The highest BCUT2D eigenvalue weighted by atomic mass is 16.3. The fourth-order valence-corrected chi connectivity index (χ4v) is 0.984. The van der Waals surface area contributed by atoms with Crippen LogP contribution in [0.5, 0.6) is 0 Å². The average Bonchev–Trinajstić information content (AvgIpc) is 1.78. The number of allylic oxidation sites excluding steroid dienone is 1. The minimum absolute atomic E-state index is 0.491. The second-order valence-corrected chi connectivity index (χ2v) is 3.98. The van der Waals surface area contributed by atoms with E-state index in [9.17, 15) is 5.11 Å². The van der Waals surface area contributed by atoms with Gasteiger partial charge in [0.1, 0.15) is 0 Å². The number of rotatable bonds is 5. The lowest BCUT2D eigenvalue weighted by Gasteiger charge is -2.16. The van der Waals surface area contributed by atoms with Crippen molar-refractivity contribution in [1.29, 1.82) is 0 Å². The first kappa shape index (κ1) is 10.7. The molecule has 0 aliphatic carbocycles. The van der Waals surface area contributed by atoms with Crippen LogP contribution in [-0.4, -0.2) is 10.7 Å². The Labute approximate surface area is 70.1 Å². The van der Waals surface area contributed by atoms with Gasteiger partial charge in [0.05, 0.1) is 5.60 Å². The molecule has 0 atom stereocenters. The van der Waals surface area contributed by atoms with Gasteiger partial charge in [-0.05, 0) is 40.0 Å². The average molecular weight is 156 g/mol. The number of aliphatic hydroxyl groups is 1. The van der Waals surface area contributed by atoms with E-state index in [0.717, 1.165) is 25.7 Å². The van der Waals surface area contributed by atoms with Gasteiger partial charge < -0.3 is 5.11 Å². The van der Waals surface area contributed by atoms with Crippen LogP contribution in [0.4, 0.5) is 0 Å². The monoisotopic (exact) mass is 156 g/mol. The molecule has 66 valence electrons. The topological polar surface area (TPSA) is 20.2 Å². The lowest BCUT2D eigenvalue weighted by molar-refractivity contribution is 0.0682. The molecule has 0 saturated heterocycles. The zero-order valence-electron chi connectivity index (χ0n) is 7.98. The molecule has 1 N–H and O–H groups in total. The quantitative estimate of drug-likeness (QED) is 0.479. The molecular weight excluding hydrogens is 136 g/mol. The zero-order valence-corrected chi connectivity index (χ0v) is 7.98. The van der Waals surface area contributed by atoms with E-state index >= 15 is 0 Å². The maximum Gasteiger partial charge on any atom is 0.0591 e. The second kappa shape index (κ2) is 4.55. The maximum atomic E-state index is 9.36. The van der Waals surface area contributed by atoms with Gasteiger partial charge in [-0.2, -0.15) is 0 Å². The van der Waals surface area contributed by atoms with Crippen molar-refractivity contribution in [1.82, 2.24) is 0 Å². The van der Waals surface area contributed by atoms with E-state index in [1.807, 2.05) is 20.8 Å². The molecule has 0 aromatic rings. The molecule has 0 aliphatic rings. The maximum absolute atomic E-state index is 9.36. The van der Waals surface area contributed by atoms with Crippen LogP contribution in [-0.2, 0) is 0 Å². The van der Waals surface area contributed by atoms with Crippen LogP contribution in [0.25, 0.3) is 0 Å². The van der Waals surface area contributed by atoms with Gasteiger partial charge in [0.15, 0.2) is 0 Å². The molecule has 0 radical (unpaired) electrons. The minimum atomic E-state index is -0.491. The fourth-order valence-electron chi connectivity index (χ4n) is 0.984. The van der Waals surface area contributed by atoms with Crippen LogP contribution in [0, 0.1) is 0 Å². The lowest BCUT2D eigenvalue weighted by atomic mass is 10.00. The van der Waals surface area contributed by atoms with Crippen molar-refractivity contribution in [2.24, 2.45) is 0 Å². The molecule has 0 aliphatic heterocycles. The zero-order chi connectivity index (χ0) is 8.91. The molecule has 0 rings (SSSR count). The number of unbranched alkanes of at least 4 members (excludes halogenated alkanes) is 1. The molecule has 0 aromatic carbocycles. The highest BCUT2D eigenvalue weighted by Crippen LogP contribution is 2.14. The molecule has 0 aromatic heterocycles. The Kier molecular flexibility index (Phi) is 4.43. The Bertz CT molecular complexity index is 119. The summed E-state index contributed by atoms with van der Waals surface area (Å²) in [5.74, 6) is 0. The highest BCUT2D eigenvalue weighted by molar-refractivity contribution is 4.87. The highest BCUT2D eigenvalue weighted by Gasteiger charge is 2.10. The second-order valence-electron chi connectivity index (χ2n) is 3.98. The van der Waals surface area contributed by atoms with E-state index in [-0.39, 0.29) is 0 Å². The number of hydrogen-bond donors (Lipinski definition) is 1. The van der Waals surface area contributed by atoms with E-state index in [0.29, 0.717) is 0 Å². The van der Waals surface area contributed by atoms with Crippen LogP contribution < -0.4 is 0 Å². The van der Waals surface area contributed by atoms with Gasteiger partial charge >= 0.3 is 0 Å². The molecule has 0 fully saturated rings. The predicted molar refractivity (Wildman–Crippen MR) is 49.6 cm³/mol. The van der Waals surface area contributed by atoms with E-state index in [4.69, 9.17) is 0 Å². The van der Waals surface area contributed by atoms with Crippen molar-refractivity contribution in [3.05, 3.63) is 12.2 Å². The first-order chi connectivity index (χ1) is 4.92. The molecular formula is C10H20O. The Balaban J connectivity index is 3.22. The van der Waals surface area contributed by atoms with Crippen LogP contribution in [0.2, 0.25) is 0 Å². The van der Waals surface area contributed by atoms with Gasteiger partial charge in [-0.15, -0.1) is 6.58 Å². The smallest absolute Gasteiger partial charge is 0.0591 e. The predicted octanol–water partition coefficient (Wildman–Crippen LogP) is 2.89. The van der Waals surface area contributed by atoms with E-state index in [2.05, 4.69) is 6.58 Å². The molecule has 0 spiro atoms. The lowest BCUT2D eigenvalue weighted by Crippen LogP contribution is -2.17. The van der Waals surface area contributed by atoms with Gasteiger partial charge in [-0.1, -0.05) is 12.0 Å². The summed E-state index contributed by atoms with van der Waals surface area (Å²) in [6.45, 7) is 9.58. The molecule has 0 unspecified atom stereocenters. The Morgan fingerprint density at radius 3 is 2.27 bits per heavy atom. The largest absolute Gasteiger partial charge is 0.390 e. The SMILES string of the molecule is C=C(C)CCCCC(C)(C)O. The minimum Gasteiger partial charge on any atom is -0.390 e. The molecule has 1 nitrogen and oxygen atoms in total. The summed E-state index contributed by atoms with van der Waals surface area (Å²) in [6.07, 6.45) is 4.23. The first-order valence-corrected chi connectivity index (χ1v) is 4.28. The molecule has 0 amide bonds. The molecule has 0 saturated carbocycles. The fraction of sp³-hybridized carbons (Fsp3) is 0.800. The molecule has 11 heavy (non-hydrogen) atoms. The third-order valence-corrected chi connectivity index (χ3v) is 1.64. The van der Waals surface area contributed by atoms with Gasteiger partial charge in [-0.3, -0.25) is 0 Å². The van der Waals surface area contributed by atoms with Crippen molar-refractivity contribution in [2.75, 3.05) is 0 Å². The summed E-state index contributed by atoms with van der Waals surface area (Å²) in [7, 11) is 0. The van der Waals surface area contributed by atoms with Crippen molar-refractivity contribution in [2.45, 2.75) is 52.1 Å². The summed E-state index contributed by atoms with van der Waals surface area (Å²) in [6, 6.07) is 0. The Morgan fingerprint density at radius 1 is 1.36 bits per heavy atom. The summed E-state index contributed by atoms with van der Waals surface area (Å²) < 4.78 is 0. The van der Waals surface area contributed by atoms with E-state index < -0.39 is 5.60 Å². The third-order valence-electron chi connectivity index (χ3n) is 1.64. The van der Waals surface area contributed by atoms with E-state index in [1.165, 1.54) is 5.57 Å². The summed E-state index contributed by atoms with van der Waals surface area (Å²) >= 11 is 0. The summed E-state index contributed by atoms with van der Waals surface area (Å²) in [5, 5.41) is 9.36. The van der Waals surface area contributed by atoms with Crippen molar-refractivity contribution < 1.29 is 5.11 Å². The molecule has 1 heteroatoms. The first-order valence-electron chi connectivity index (χ1n) is 4.28. The van der Waals surface area contributed by atoms with Crippen molar-refractivity contribution >= 4 is 0 Å². The molecule has 0 heterocycles. The van der Waals surface area contributed by atoms with Crippen molar-refractivity contribution in [3.63, 3.8) is 0 Å². The third kappa shape index (κ3) is 9.70. The summed E-state index contributed by atoms with van der Waals surface area (Å²) in [4.78, 5) is 0. The van der Waals surface area contributed by atoms with Crippen LogP contribution in [0.1, 0.15) is 46.5 Å². The van der Waals surface area contributed by atoms with Crippen molar-refractivity contribution in [3.8, 4) is 0 Å². The van der Waals surface area contributed by atoms with Crippen LogP contribution >= 0.6 is 0 Å². The molecule has 0 bridgehead atoms. The van der Waals surface area contributed by atoms with Gasteiger partial charge in [0.25, 0.3) is 0 Å². The van der Waals surface area contributed by atoms with Crippen LogP contribution in [0.15, 0.2) is 12.2 Å². The van der Waals surface area contributed by atoms with Gasteiger partial charge in [-0.25, -0.2) is 0 Å². The van der Waals surface area contributed by atoms with E-state index in [1.54, 1.807) is 0 Å². The van der Waals surface area contributed by atoms with Gasteiger partial charge in [0.2, 0.25) is 0 Å². The summed E-state index contributed by atoms with van der Waals surface area (Å²) in [5.41, 5.74) is 0.746.